The molecule has 2 bridgehead atoms. The largest absolute Gasteiger partial charge is 0.387 e. The molecule has 3 aromatic heterocycles. The zero-order chi connectivity index (χ0) is 23.3. The molecule has 2 saturated heterocycles. The number of Topliss-reactive ketones (excluding diaryl/α,β-unsaturated/α-hetero) is 1. The van der Waals surface area contributed by atoms with Crippen molar-refractivity contribution in [3.05, 3.63) is 41.5 Å². The number of amides is 1. The topological polar surface area (TPSA) is 144 Å². The molecule has 0 saturated carbocycles. The maximum absolute atomic E-state index is 12.6. The van der Waals surface area contributed by atoms with Gasteiger partial charge in [-0.15, -0.1) is 0 Å². The second-order valence-electron chi connectivity index (χ2n) is 8.71. The van der Waals surface area contributed by atoms with Gasteiger partial charge in [0.15, 0.2) is 17.7 Å². The summed E-state index contributed by atoms with van der Waals surface area (Å²) in [5.74, 6) is -0.255. The van der Waals surface area contributed by atoms with Crippen molar-refractivity contribution in [2.45, 2.75) is 50.6 Å². The van der Waals surface area contributed by atoms with E-state index in [4.69, 9.17) is 10.7 Å². The summed E-state index contributed by atoms with van der Waals surface area (Å²) in [7, 11) is 0. The van der Waals surface area contributed by atoms with Crippen LogP contribution in [0.1, 0.15) is 65.1 Å². The summed E-state index contributed by atoms with van der Waals surface area (Å²) in [5, 5.41) is 13.7. The first-order valence-electron chi connectivity index (χ1n) is 10.9. The Morgan fingerprint density at radius 3 is 2.52 bits per heavy atom. The molecule has 0 aliphatic carbocycles. The van der Waals surface area contributed by atoms with Crippen LogP contribution in [0.5, 0.6) is 0 Å². The molecule has 0 aromatic carbocycles. The fourth-order valence-corrected chi connectivity index (χ4v) is 5.42. The van der Waals surface area contributed by atoms with Gasteiger partial charge < -0.3 is 15.7 Å². The highest BCUT2D eigenvalue weighted by Gasteiger charge is 2.44. The minimum Gasteiger partial charge on any atom is -0.387 e. The number of ketones is 1. The van der Waals surface area contributed by atoms with Crippen molar-refractivity contribution >= 4 is 29.4 Å². The van der Waals surface area contributed by atoms with Gasteiger partial charge in [-0.25, -0.2) is 4.98 Å². The molecule has 2 atom stereocenters. The van der Waals surface area contributed by atoms with Crippen LogP contribution < -0.4 is 5.73 Å². The van der Waals surface area contributed by atoms with Crippen LogP contribution >= 0.6 is 0 Å². The lowest BCUT2D eigenvalue weighted by atomic mass is 9.85. The Balaban J connectivity index is 1.61. The number of aliphatic hydroxyl groups is 1. The van der Waals surface area contributed by atoms with Crippen LogP contribution in [0.4, 0.5) is 5.82 Å². The predicted molar refractivity (Wildman–Crippen MR) is 119 cm³/mol. The van der Waals surface area contributed by atoms with E-state index < -0.39 is 6.61 Å². The van der Waals surface area contributed by atoms with Gasteiger partial charge in [-0.1, -0.05) is 6.07 Å². The molecule has 2 aliphatic rings. The smallest absolute Gasteiger partial charge is 0.248 e. The first kappa shape index (κ1) is 21.2. The lowest BCUT2D eigenvalue weighted by Crippen LogP contribution is -2.47. The minimum absolute atomic E-state index is 0.0110. The maximum atomic E-state index is 12.6. The van der Waals surface area contributed by atoms with E-state index in [0.29, 0.717) is 47.3 Å². The van der Waals surface area contributed by atoms with Gasteiger partial charge in [0.1, 0.15) is 18.1 Å². The third-order valence-electron chi connectivity index (χ3n) is 6.82. The number of piperidine rings is 1. The Labute approximate surface area is 189 Å². The average molecular weight is 448 g/mol. The van der Waals surface area contributed by atoms with E-state index in [1.165, 1.54) is 11.4 Å². The van der Waals surface area contributed by atoms with Crippen molar-refractivity contribution in [1.29, 1.82) is 0 Å². The number of anilines is 1. The number of nitrogens with two attached hydrogens (primary N) is 1. The zero-order valence-corrected chi connectivity index (χ0v) is 18.1. The van der Waals surface area contributed by atoms with Crippen molar-refractivity contribution in [3.8, 4) is 11.1 Å². The fraction of sp³-hybridized carbons (Fsp3) is 0.391. The Bertz CT molecular complexity index is 1250. The number of aliphatic hydroxyl groups excluding tert-OH is 1. The highest BCUT2D eigenvalue weighted by atomic mass is 16.3. The number of aromatic nitrogens is 4. The summed E-state index contributed by atoms with van der Waals surface area (Å²) in [6.45, 7) is 0.970. The number of hydrogen-bond donors (Lipinski definition) is 2. The van der Waals surface area contributed by atoms with Gasteiger partial charge in [-0.3, -0.25) is 19.4 Å². The number of aldehydes is 1. The summed E-state index contributed by atoms with van der Waals surface area (Å²) in [6.07, 6.45) is 6.93. The molecule has 33 heavy (non-hydrogen) atoms. The van der Waals surface area contributed by atoms with Gasteiger partial charge >= 0.3 is 0 Å². The van der Waals surface area contributed by atoms with E-state index in [2.05, 4.69) is 10.1 Å². The van der Waals surface area contributed by atoms with Crippen molar-refractivity contribution in [2.24, 2.45) is 0 Å². The lowest BCUT2D eigenvalue weighted by molar-refractivity contribution is -0.138. The molecule has 170 valence electrons. The molecular weight excluding hydrogens is 424 g/mol. The number of nitrogens with zero attached hydrogens (tertiary/aromatic N) is 5. The standard InChI is InChI=1S/C23H24N6O4/c1-12(32)20-21(14-6-16-4-5-17(7-14)28(16)19(33)11-31)27-23-18(9-26-29(23)22(20)24)13-2-3-15(10-30)25-8-13/h2-3,8-10,14,16-17,31H,4-7,11,24H2,1H3. The lowest BCUT2D eigenvalue weighted by Gasteiger charge is -2.39. The monoisotopic (exact) mass is 448 g/mol. The Morgan fingerprint density at radius 1 is 1.21 bits per heavy atom. The number of rotatable bonds is 5. The van der Waals surface area contributed by atoms with Crippen LogP contribution in [0.3, 0.4) is 0 Å². The summed E-state index contributed by atoms with van der Waals surface area (Å²) in [5.41, 5.74) is 9.66. The number of carbonyl (C=O) groups is 3. The molecule has 0 radical (unpaired) electrons. The van der Waals surface area contributed by atoms with Crippen molar-refractivity contribution in [3.63, 3.8) is 0 Å². The second kappa shape index (κ2) is 8.04. The molecule has 2 unspecified atom stereocenters. The van der Waals surface area contributed by atoms with Crippen LogP contribution in [0.2, 0.25) is 0 Å². The summed E-state index contributed by atoms with van der Waals surface area (Å²) < 4.78 is 1.46. The van der Waals surface area contributed by atoms with Crippen molar-refractivity contribution in [2.75, 3.05) is 12.3 Å². The molecule has 5 heterocycles. The highest BCUT2D eigenvalue weighted by molar-refractivity contribution is 6.00. The van der Waals surface area contributed by atoms with E-state index in [9.17, 15) is 19.5 Å². The minimum atomic E-state index is -0.496. The Hall–Kier alpha value is -3.66. The number of nitrogen functional groups attached to an aromatic ring is 1. The SMILES string of the molecule is CC(=O)c1c(C2CC3CCC(C2)N3C(=O)CO)nc2c(-c3ccc(C=O)nc3)cnn2c1N. The van der Waals surface area contributed by atoms with Crippen molar-refractivity contribution in [1.82, 2.24) is 24.5 Å². The number of carbonyl (C=O) groups excluding carboxylic acids is 3. The summed E-state index contributed by atoms with van der Waals surface area (Å²) >= 11 is 0. The number of hydrogen-bond acceptors (Lipinski definition) is 8. The molecular formula is C23H24N6O4. The van der Waals surface area contributed by atoms with Gasteiger partial charge in [0, 0.05) is 35.3 Å². The number of pyridine rings is 1. The van der Waals surface area contributed by atoms with Crippen LogP contribution in [-0.4, -0.2) is 66.3 Å². The molecule has 5 rings (SSSR count). The van der Waals surface area contributed by atoms with Crippen LogP contribution in [0.25, 0.3) is 16.8 Å². The molecule has 3 aromatic rings. The summed E-state index contributed by atoms with van der Waals surface area (Å²) in [6, 6.07) is 3.41. The highest BCUT2D eigenvalue weighted by Crippen LogP contribution is 2.44. The van der Waals surface area contributed by atoms with Gasteiger partial charge in [-0.05, 0) is 38.7 Å². The molecule has 10 nitrogen and oxygen atoms in total. The Kier molecular flexibility index (Phi) is 5.16. The molecule has 0 spiro atoms. The average Bonchev–Trinajstić information content (AvgIpc) is 3.36. The molecule has 10 heteroatoms. The fourth-order valence-electron chi connectivity index (χ4n) is 5.42. The first-order chi connectivity index (χ1) is 15.9. The van der Waals surface area contributed by atoms with Gasteiger partial charge in [0.2, 0.25) is 5.91 Å². The van der Waals surface area contributed by atoms with Crippen molar-refractivity contribution < 1.29 is 19.5 Å². The zero-order valence-electron chi connectivity index (χ0n) is 18.1. The van der Waals surface area contributed by atoms with Crippen LogP contribution in [0, 0.1) is 0 Å². The van der Waals surface area contributed by atoms with E-state index in [1.807, 2.05) is 0 Å². The summed E-state index contributed by atoms with van der Waals surface area (Å²) in [4.78, 5) is 46.6. The normalized spacial score (nSPS) is 22.0. The molecule has 2 fully saturated rings. The third kappa shape index (κ3) is 3.37. The van der Waals surface area contributed by atoms with E-state index in [1.54, 1.807) is 29.4 Å². The second-order valence-corrected chi connectivity index (χ2v) is 8.71. The van der Waals surface area contributed by atoms with Gasteiger partial charge in [0.05, 0.1) is 17.5 Å². The van der Waals surface area contributed by atoms with Crippen LogP contribution in [0.15, 0.2) is 24.5 Å². The predicted octanol–water partition coefficient (Wildman–Crippen LogP) is 1.62. The third-order valence-corrected chi connectivity index (χ3v) is 6.82. The number of fused-ring (bicyclic) bond motifs is 3. The first-order valence-corrected chi connectivity index (χ1v) is 10.9. The van der Waals surface area contributed by atoms with E-state index in [-0.39, 0.29) is 35.5 Å². The van der Waals surface area contributed by atoms with Gasteiger partial charge in [0.25, 0.3) is 0 Å². The van der Waals surface area contributed by atoms with E-state index in [0.717, 1.165) is 18.4 Å². The Morgan fingerprint density at radius 2 is 1.94 bits per heavy atom. The quantitative estimate of drug-likeness (QED) is 0.443. The molecule has 3 N–H and O–H groups in total. The van der Waals surface area contributed by atoms with E-state index >= 15 is 0 Å². The van der Waals surface area contributed by atoms with Gasteiger partial charge in [-0.2, -0.15) is 9.61 Å². The van der Waals surface area contributed by atoms with Crippen LogP contribution in [-0.2, 0) is 4.79 Å². The molecule has 1 amide bonds. The maximum Gasteiger partial charge on any atom is 0.248 e. The molecule has 2 aliphatic heterocycles.